The average Bonchev–Trinajstić information content (AvgIpc) is 2.23. The third kappa shape index (κ3) is 1.76. The van der Waals surface area contributed by atoms with Crippen molar-refractivity contribution in [1.82, 2.24) is 0 Å². The summed E-state index contributed by atoms with van der Waals surface area (Å²) < 4.78 is 5.46. The molecule has 0 aliphatic carbocycles. The highest BCUT2D eigenvalue weighted by Gasteiger charge is 2.45. The molecule has 1 aliphatic heterocycles. The van der Waals surface area contributed by atoms with Crippen molar-refractivity contribution in [2.24, 2.45) is 11.7 Å². The van der Waals surface area contributed by atoms with E-state index in [9.17, 15) is 0 Å². The van der Waals surface area contributed by atoms with E-state index in [-0.39, 0.29) is 5.41 Å². The summed E-state index contributed by atoms with van der Waals surface area (Å²) in [5, 5.41) is 0. The van der Waals surface area contributed by atoms with Crippen molar-refractivity contribution in [1.29, 1.82) is 0 Å². The lowest BCUT2D eigenvalue weighted by Crippen LogP contribution is -2.54. The van der Waals surface area contributed by atoms with Gasteiger partial charge in [0, 0.05) is 5.41 Å². The molecule has 0 aromatic heterocycles. The molecular formula is C14H21NO. The van der Waals surface area contributed by atoms with Gasteiger partial charge in [-0.25, -0.2) is 0 Å². The first-order valence-electron chi connectivity index (χ1n) is 6.08. The number of benzene rings is 1. The molecule has 1 aliphatic rings. The molecule has 0 amide bonds. The minimum Gasteiger partial charge on any atom is -0.379 e. The minimum absolute atomic E-state index is 0.176. The van der Waals surface area contributed by atoms with Crippen molar-refractivity contribution < 1.29 is 4.74 Å². The molecule has 1 saturated heterocycles. The van der Waals surface area contributed by atoms with Gasteiger partial charge in [-0.15, -0.1) is 0 Å². The summed E-state index contributed by atoms with van der Waals surface area (Å²) in [5.41, 5.74) is 8.79. The molecule has 1 atom stereocenters. The van der Waals surface area contributed by atoms with Crippen LogP contribution in [-0.4, -0.2) is 19.8 Å². The molecule has 16 heavy (non-hydrogen) atoms. The van der Waals surface area contributed by atoms with Crippen molar-refractivity contribution in [2.45, 2.75) is 25.7 Å². The lowest BCUT2D eigenvalue weighted by Gasteiger charge is -2.47. The summed E-state index contributed by atoms with van der Waals surface area (Å²) in [7, 11) is 0. The third-order valence-corrected chi connectivity index (χ3v) is 3.87. The molecule has 0 radical (unpaired) electrons. The number of aryl methyl sites for hydroxylation is 1. The first kappa shape index (κ1) is 11.6. The van der Waals surface area contributed by atoms with Crippen molar-refractivity contribution in [3.63, 3.8) is 0 Å². The van der Waals surface area contributed by atoms with Crippen LogP contribution in [0.5, 0.6) is 0 Å². The second kappa shape index (κ2) is 4.56. The molecular weight excluding hydrogens is 198 g/mol. The second-order valence-electron chi connectivity index (χ2n) is 4.86. The van der Waals surface area contributed by atoms with E-state index in [2.05, 4.69) is 38.1 Å². The van der Waals surface area contributed by atoms with Crippen LogP contribution >= 0.6 is 0 Å². The molecule has 2 N–H and O–H groups in total. The summed E-state index contributed by atoms with van der Waals surface area (Å²) in [6, 6.07) is 8.77. The van der Waals surface area contributed by atoms with E-state index in [1.807, 2.05) is 0 Å². The summed E-state index contributed by atoms with van der Waals surface area (Å²) in [5.74, 6) is 0.531. The van der Waals surface area contributed by atoms with Gasteiger partial charge in [0.25, 0.3) is 0 Å². The van der Waals surface area contributed by atoms with Gasteiger partial charge >= 0.3 is 0 Å². The first-order chi connectivity index (χ1) is 7.73. The Bertz CT molecular complexity index is 354. The molecule has 2 rings (SSSR count). The predicted molar refractivity (Wildman–Crippen MR) is 66.5 cm³/mol. The quantitative estimate of drug-likeness (QED) is 0.843. The molecule has 1 aromatic carbocycles. The number of hydrogen-bond donors (Lipinski definition) is 1. The number of rotatable bonds is 4. The fraction of sp³-hybridized carbons (Fsp3) is 0.571. The Morgan fingerprint density at radius 1 is 1.44 bits per heavy atom. The highest BCUT2D eigenvalue weighted by Crippen LogP contribution is 2.40. The zero-order valence-corrected chi connectivity index (χ0v) is 10.2. The average molecular weight is 219 g/mol. The lowest BCUT2D eigenvalue weighted by molar-refractivity contribution is -0.0898. The van der Waals surface area contributed by atoms with Crippen LogP contribution in [0.15, 0.2) is 24.3 Å². The van der Waals surface area contributed by atoms with Crippen LogP contribution in [0.3, 0.4) is 0 Å². The summed E-state index contributed by atoms with van der Waals surface area (Å²) in [4.78, 5) is 0. The minimum atomic E-state index is 0.176. The van der Waals surface area contributed by atoms with E-state index in [0.717, 1.165) is 26.2 Å². The van der Waals surface area contributed by atoms with Crippen LogP contribution in [0.25, 0.3) is 0 Å². The Morgan fingerprint density at radius 3 is 2.62 bits per heavy atom. The fourth-order valence-corrected chi connectivity index (χ4v) is 2.70. The van der Waals surface area contributed by atoms with Gasteiger partial charge in [0.15, 0.2) is 0 Å². The van der Waals surface area contributed by atoms with Gasteiger partial charge in [-0.1, -0.05) is 43.2 Å². The predicted octanol–water partition coefficient (Wildman–Crippen LogP) is 2.25. The van der Waals surface area contributed by atoms with Gasteiger partial charge in [-0.05, 0) is 24.9 Å². The Balaban J connectivity index is 2.34. The molecule has 1 unspecified atom stereocenters. The first-order valence-corrected chi connectivity index (χ1v) is 6.08. The zero-order chi connectivity index (χ0) is 11.6. The van der Waals surface area contributed by atoms with Gasteiger partial charge in [0.05, 0.1) is 13.2 Å². The lowest BCUT2D eigenvalue weighted by atomic mass is 9.67. The topological polar surface area (TPSA) is 35.2 Å². The normalized spacial score (nSPS) is 20.2. The van der Waals surface area contributed by atoms with E-state index < -0.39 is 0 Å². The smallest absolute Gasteiger partial charge is 0.0588 e. The molecule has 88 valence electrons. The molecule has 1 aromatic rings. The van der Waals surface area contributed by atoms with E-state index in [1.165, 1.54) is 11.1 Å². The monoisotopic (exact) mass is 219 g/mol. The van der Waals surface area contributed by atoms with Crippen molar-refractivity contribution in [3.8, 4) is 0 Å². The number of nitrogens with two attached hydrogens (primary N) is 1. The molecule has 1 heterocycles. The standard InChI is InChI=1S/C14H21NO/c1-3-12(8-15)14(9-16-10-14)13-6-4-5-11(2)7-13/h4-7,12H,3,8-10,15H2,1-2H3. The van der Waals surface area contributed by atoms with Gasteiger partial charge < -0.3 is 10.5 Å². The van der Waals surface area contributed by atoms with E-state index in [4.69, 9.17) is 10.5 Å². The van der Waals surface area contributed by atoms with Gasteiger partial charge in [0.1, 0.15) is 0 Å². The summed E-state index contributed by atoms with van der Waals surface area (Å²) in [6.07, 6.45) is 1.12. The van der Waals surface area contributed by atoms with Gasteiger partial charge in [-0.3, -0.25) is 0 Å². The molecule has 1 fully saturated rings. The molecule has 2 nitrogen and oxygen atoms in total. The molecule has 2 heteroatoms. The van der Waals surface area contributed by atoms with Crippen LogP contribution < -0.4 is 5.73 Å². The zero-order valence-electron chi connectivity index (χ0n) is 10.2. The van der Waals surface area contributed by atoms with E-state index in [1.54, 1.807) is 0 Å². The second-order valence-corrected chi connectivity index (χ2v) is 4.86. The Kier molecular flexibility index (Phi) is 3.31. The van der Waals surface area contributed by atoms with Crippen molar-refractivity contribution in [2.75, 3.05) is 19.8 Å². The maximum Gasteiger partial charge on any atom is 0.0588 e. The van der Waals surface area contributed by atoms with Crippen LogP contribution in [0.2, 0.25) is 0 Å². The van der Waals surface area contributed by atoms with Crippen LogP contribution in [0.1, 0.15) is 24.5 Å². The SMILES string of the molecule is CCC(CN)C1(c2cccc(C)c2)COC1. The fourth-order valence-electron chi connectivity index (χ4n) is 2.70. The highest BCUT2D eigenvalue weighted by molar-refractivity contribution is 5.32. The maximum atomic E-state index is 5.90. The Hall–Kier alpha value is -0.860. The Labute approximate surface area is 97.8 Å². The van der Waals surface area contributed by atoms with Crippen LogP contribution in [-0.2, 0) is 10.2 Å². The molecule has 0 bridgehead atoms. The molecule has 0 spiro atoms. The summed E-state index contributed by atoms with van der Waals surface area (Å²) >= 11 is 0. The van der Waals surface area contributed by atoms with E-state index in [0.29, 0.717) is 5.92 Å². The third-order valence-electron chi connectivity index (χ3n) is 3.87. The van der Waals surface area contributed by atoms with Crippen LogP contribution in [0, 0.1) is 12.8 Å². The van der Waals surface area contributed by atoms with E-state index >= 15 is 0 Å². The number of ether oxygens (including phenoxy) is 1. The van der Waals surface area contributed by atoms with Crippen molar-refractivity contribution in [3.05, 3.63) is 35.4 Å². The van der Waals surface area contributed by atoms with Crippen molar-refractivity contribution >= 4 is 0 Å². The van der Waals surface area contributed by atoms with Gasteiger partial charge in [0.2, 0.25) is 0 Å². The number of hydrogen-bond acceptors (Lipinski definition) is 2. The summed E-state index contributed by atoms with van der Waals surface area (Å²) in [6.45, 7) is 6.75. The van der Waals surface area contributed by atoms with Crippen LogP contribution in [0.4, 0.5) is 0 Å². The van der Waals surface area contributed by atoms with Gasteiger partial charge in [-0.2, -0.15) is 0 Å². The Morgan fingerprint density at radius 2 is 2.19 bits per heavy atom. The molecule has 0 saturated carbocycles. The highest BCUT2D eigenvalue weighted by atomic mass is 16.5. The largest absolute Gasteiger partial charge is 0.379 e. The maximum absolute atomic E-state index is 5.90.